The summed E-state index contributed by atoms with van der Waals surface area (Å²) in [4.78, 5) is 27.7. The molecule has 0 bridgehead atoms. The molecule has 0 saturated carbocycles. The molecule has 3 rings (SSSR count). The predicted molar refractivity (Wildman–Crippen MR) is 93.3 cm³/mol. The molecular formula is C19H18N2O3. The zero-order chi connectivity index (χ0) is 16.9. The number of aromatic amines is 1. The van der Waals surface area contributed by atoms with Crippen molar-refractivity contribution < 1.29 is 9.53 Å². The minimum Gasteiger partial charge on any atom is -0.494 e. The Morgan fingerprint density at radius 3 is 2.62 bits per heavy atom. The van der Waals surface area contributed by atoms with Crippen LogP contribution < -0.4 is 15.5 Å². The summed E-state index contributed by atoms with van der Waals surface area (Å²) >= 11 is 0. The van der Waals surface area contributed by atoms with Crippen LogP contribution in [0.1, 0.15) is 22.8 Å². The third kappa shape index (κ3) is 3.30. The summed E-state index contributed by atoms with van der Waals surface area (Å²) in [5.74, 6) is 0.398. The van der Waals surface area contributed by atoms with Gasteiger partial charge in [0.05, 0.1) is 6.61 Å². The Morgan fingerprint density at radius 2 is 1.88 bits per heavy atom. The molecule has 122 valence electrons. The Balaban J connectivity index is 1.73. The van der Waals surface area contributed by atoms with E-state index in [4.69, 9.17) is 4.74 Å². The lowest BCUT2D eigenvalue weighted by Crippen LogP contribution is -2.28. The molecule has 0 saturated heterocycles. The number of para-hydroxylation sites is 1. The minimum absolute atomic E-state index is 0.111. The summed E-state index contributed by atoms with van der Waals surface area (Å²) in [7, 11) is 0. The van der Waals surface area contributed by atoms with Gasteiger partial charge in [-0.15, -0.1) is 0 Å². The maximum Gasteiger partial charge on any atom is 0.257 e. The van der Waals surface area contributed by atoms with Gasteiger partial charge in [-0.25, -0.2) is 0 Å². The summed E-state index contributed by atoms with van der Waals surface area (Å²) in [5, 5.41) is 3.28. The quantitative estimate of drug-likeness (QED) is 0.759. The van der Waals surface area contributed by atoms with E-state index in [1.165, 1.54) is 6.20 Å². The molecule has 0 aliphatic carbocycles. The summed E-state index contributed by atoms with van der Waals surface area (Å²) in [6.07, 6.45) is 1.46. The van der Waals surface area contributed by atoms with Crippen molar-refractivity contribution in [2.75, 3.05) is 6.61 Å². The highest BCUT2D eigenvalue weighted by Gasteiger charge is 2.12. The maximum atomic E-state index is 12.4. The standard InChI is InChI=1S/C19H18N2O3/c1-2-24-14-9-7-13(8-10-14)11-21-19(23)16-12-20-17-6-4-3-5-15(17)18(16)22/h3-10,12H,2,11H2,1H3,(H,20,22)(H,21,23). The van der Waals surface area contributed by atoms with E-state index in [2.05, 4.69) is 10.3 Å². The highest BCUT2D eigenvalue weighted by atomic mass is 16.5. The zero-order valence-corrected chi connectivity index (χ0v) is 13.3. The van der Waals surface area contributed by atoms with Crippen LogP contribution in [0, 0.1) is 0 Å². The van der Waals surface area contributed by atoms with Crippen molar-refractivity contribution >= 4 is 16.8 Å². The van der Waals surface area contributed by atoms with Crippen LogP contribution in [-0.4, -0.2) is 17.5 Å². The fourth-order valence-corrected chi connectivity index (χ4v) is 2.48. The molecule has 0 aliphatic rings. The molecule has 24 heavy (non-hydrogen) atoms. The van der Waals surface area contributed by atoms with Crippen LogP contribution in [0.4, 0.5) is 0 Å². The molecule has 0 fully saturated rings. The van der Waals surface area contributed by atoms with Gasteiger partial charge in [-0.05, 0) is 36.8 Å². The van der Waals surface area contributed by atoms with Crippen molar-refractivity contribution in [1.82, 2.24) is 10.3 Å². The van der Waals surface area contributed by atoms with Crippen molar-refractivity contribution in [3.8, 4) is 5.75 Å². The predicted octanol–water partition coefficient (Wildman–Crippen LogP) is 2.86. The Hall–Kier alpha value is -3.08. The van der Waals surface area contributed by atoms with Gasteiger partial charge in [0.25, 0.3) is 5.91 Å². The van der Waals surface area contributed by atoms with E-state index in [9.17, 15) is 9.59 Å². The van der Waals surface area contributed by atoms with E-state index in [0.29, 0.717) is 24.1 Å². The van der Waals surface area contributed by atoms with Crippen LogP contribution in [0.25, 0.3) is 10.9 Å². The van der Waals surface area contributed by atoms with E-state index in [-0.39, 0.29) is 11.0 Å². The molecule has 0 aliphatic heterocycles. The normalized spacial score (nSPS) is 10.5. The van der Waals surface area contributed by atoms with Gasteiger partial charge in [-0.2, -0.15) is 0 Å². The molecule has 2 aromatic carbocycles. The average Bonchev–Trinajstić information content (AvgIpc) is 2.62. The summed E-state index contributed by atoms with van der Waals surface area (Å²) in [6.45, 7) is 2.88. The van der Waals surface area contributed by atoms with Crippen molar-refractivity contribution in [1.29, 1.82) is 0 Å². The number of nitrogens with one attached hydrogen (secondary N) is 2. The first-order valence-electron chi connectivity index (χ1n) is 7.79. The molecule has 0 unspecified atom stereocenters. The zero-order valence-electron chi connectivity index (χ0n) is 13.3. The lowest BCUT2D eigenvalue weighted by Gasteiger charge is -2.07. The third-order valence-corrected chi connectivity index (χ3v) is 3.72. The van der Waals surface area contributed by atoms with Crippen molar-refractivity contribution in [3.63, 3.8) is 0 Å². The Labute approximate surface area is 139 Å². The lowest BCUT2D eigenvalue weighted by molar-refractivity contribution is 0.0949. The van der Waals surface area contributed by atoms with E-state index in [0.717, 1.165) is 11.3 Å². The van der Waals surface area contributed by atoms with Gasteiger partial charge in [-0.1, -0.05) is 24.3 Å². The summed E-state index contributed by atoms with van der Waals surface area (Å²) in [6, 6.07) is 14.6. The number of hydrogen-bond donors (Lipinski definition) is 2. The van der Waals surface area contributed by atoms with Crippen molar-refractivity contribution in [3.05, 3.63) is 76.1 Å². The molecule has 5 heteroatoms. The number of ether oxygens (including phenoxy) is 1. The number of pyridine rings is 1. The molecular weight excluding hydrogens is 304 g/mol. The van der Waals surface area contributed by atoms with Gasteiger partial charge < -0.3 is 15.0 Å². The number of benzene rings is 2. The number of rotatable bonds is 5. The van der Waals surface area contributed by atoms with E-state index >= 15 is 0 Å². The van der Waals surface area contributed by atoms with Crippen LogP contribution in [-0.2, 0) is 6.54 Å². The summed E-state index contributed by atoms with van der Waals surface area (Å²) in [5.41, 5.74) is 1.49. The van der Waals surface area contributed by atoms with Gasteiger partial charge in [0.1, 0.15) is 11.3 Å². The third-order valence-electron chi connectivity index (χ3n) is 3.72. The smallest absolute Gasteiger partial charge is 0.257 e. The monoisotopic (exact) mass is 322 g/mol. The summed E-state index contributed by atoms with van der Waals surface area (Å²) < 4.78 is 5.38. The maximum absolute atomic E-state index is 12.4. The highest BCUT2D eigenvalue weighted by molar-refractivity contribution is 5.97. The highest BCUT2D eigenvalue weighted by Crippen LogP contribution is 2.12. The largest absolute Gasteiger partial charge is 0.494 e. The van der Waals surface area contributed by atoms with E-state index < -0.39 is 5.91 Å². The second-order valence-electron chi connectivity index (χ2n) is 5.34. The molecule has 0 radical (unpaired) electrons. The first-order chi connectivity index (χ1) is 11.7. The Bertz CT molecular complexity index is 914. The van der Waals surface area contributed by atoms with Gasteiger partial charge in [0.15, 0.2) is 0 Å². The van der Waals surface area contributed by atoms with Gasteiger partial charge in [0.2, 0.25) is 5.43 Å². The Morgan fingerprint density at radius 1 is 1.12 bits per heavy atom. The van der Waals surface area contributed by atoms with Crippen LogP contribution in [0.2, 0.25) is 0 Å². The van der Waals surface area contributed by atoms with Crippen LogP contribution in [0.15, 0.2) is 59.5 Å². The van der Waals surface area contributed by atoms with Gasteiger partial charge in [0, 0.05) is 23.6 Å². The second-order valence-corrected chi connectivity index (χ2v) is 5.34. The molecule has 0 atom stereocenters. The van der Waals surface area contributed by atoms with Crippen LogP contribution in [0.5, 0.6) is 5.75 Å². The fourth-order valence-electron chi connectivity index (χ4n) is 2.48. The fraction of sp³-hybridized carbons (Fsp3) is 0.158. The number of amides is 1. The number of hydrogen-bond acceptors (Lipinski definition) is 3. The second kappa shape index (κ2) is 7.00. The number of H-pyrrole nitrogens is 1. The van der Waals surface area contributed by atoms with Crippen molar-refractivity contribution in [2.45, 2.75) is 13.5 Å². The number of aromatic nitrogens is 1. The average molecular weight is 322 g/mol. The molecule has 1 heterocycles. The van der Waals surface area contributed by atoms with Gasteiger partial charge >= 0.3 is 0 Å². The lowest BCUT2D eigenvalue weighted by atomic mass is 10.1. The van der Waals surface area contributed by atoms with E-state index in [1.54, 1.807) is 18.2 Å². The minimum atomic E-state index is -0.393. The SMILES string of the molecule is CCOc1ccc(CNC(=O)c2c[nH]c3ccccc3c2=O)cc1. The molecule has 5 nitrogen and oxygen atoms in total. The van der Waals surface area contributed by atoms with Gasteiger partial charge in [-0.3, -0.25) is 9.59 Å². The van der Waals surface area contributed by atoms with Crippen LogP contribution >= 0.6 is 0 Å². The first kappa shape index (κ1) is 15.8. The molecule has 1 amide bonds. The molecule has 0 spiro atoms. The molecule has 1 aromatic heterocycles. The van der Waals surface area contributed by atoms with Crippen LogP contribution in [0.3, 0.4) is 0 Å². The first-order valence-corrected chi connectivity index (χ1v) is 7.79. The molecule has 2 N–H and O–H groups in total. The Kier molecular flexibility index (Phi) is 4.61. The number of carbonyl (C=O) groups is 1. The number of carbonyl (C=O) groups excluding carboxylic acids is 1. The van der Waals surface area contributed by atoms with Crippen molar-refractivity contribution in [2.24, 2.45) is 0 Å². The number of fused-ring (bicyclic) bond motifs is 1. The van der Waals surface area contributed by atoms with E-state index in [1.807, 2.05) is 37.3 Å². The topological polar surface area (TPSA) is 71.2 Å². The molecule has 3 aromatic rings.